The Morgan fingerprint density at radius 1 is 1.12 bits per heavy atom. The van der Waals surface area contributed by atoms with Crippen molar-refractivity contribution in [2.24, 2.45) is 0 Å². The first-order valence-electron chi connectivity index (χ1n) is 8.47. The maximum atomic E-state index is 12.3. The zero-order chi connectivity index (χ0) is 18.5. The van der Waals surface area contributed by atoms with Crippen molar-refractivity contribution in [3.8, 4) is 0 Å². The molecule has 26 heavy (non-hydrogen) atoms. The molecule has 0 unspecified atom stereocenters. The molecule has 1 heterocycles. The molecule has 1 aromatic heterocycles. The van der Waals surface area contributed by atoms with Gasteiger partial charge in [0.2, 0.25) is 11.1 Å². The first-order chi connectivity index (χ1) is 12.5. The Kier molecular flexibility index (Phi) is 5.73. The third-order valence-corrected chi connectivity index (χ3v) is 4.85. The van der Waals surface area contributed by atoms with Crippen molar-refractivity contribution < 1.29 is 4.79 Å². The fourth-order valence-electron chi connectivity index (χ4n) is 2.89. The van der Waals surface area contributed by atoms with Gasteiger partial charge in [-0.05, 0) is 37.5 Å². The molecule has 6 heteroatoms. The summed E-state index contributed by atoms with van der Waals surface area (Å²) in [6, 6.07) is 14.2. The lowest BCUT2D eigenvalue weighted by molar-refractivity contribution is -0.113. The fraction of sp³-hybridized carbons (Fsp3) is 0.250. The van der Waals surface area contributed by atoms with Gasteiger partial charge in [0.1, 0.15) is 5.82 Å². The number of hydrogen-bond donors (Lipinski definition) is 2. The number of aryl methyl sites for hydroxylation is 3. The number of thioether (sulfide) groups is 1. The van der Waals surface area contributed by atoms with Crippen LogP contribution in [-0.4, -0.2) is 26.8 Å². The van der Waals surface area contributed by atoms with Crippen molar-refractivity contribution in [2.75, 3.05) is 11.1 Å². The number of aromatic nitrogens is 3. The Morgan fingerprint density at radius 2 is 1.81 bits per heavy atom. The van der Waals surface area contributed by atoms with Crippen LogP contribution < -0.4 is 5.32 Å². The van der Waals surface area contributed by atoms with Crippen LogP contribution in [0.3, 0.4) is 0 Å². The fourth-order valence-corrected chi connectivity index (χ4v) is 3.51. The van der Waals surface area contributed by atoms with E-state index in [1.54, 1.807) is 0 Å². The summed E-state index contributed by atoms with van der Waals surface area (Å²) in [7, 11) is 0. The van der Waals surface area contributed by atoms with E-state index in [1.807, 2.05) is 32.0 Å². The van der Waals surface area contributed by atoms with E-state index in [2.05, 4.69) is 51.7 Å². The third kappa shape index (κ3) is 4.73. The van der Waals surface area contributed by atoms with Crippen LogP contribution in [0.2, 0.25) is 0 Å². The molecule has 0 bridgehead atoms. The Hall–Kier alpha value is -2.60. The molecule has 0 saturated heterocycles. The highest BCUT2D eigenvalue weighted by Gasteiger charge is 2.11. The molecule has 3 aromatic rings. The molecule has 0 aliphatic carbocycles. The average Bonchev–Trinajstić information content (AvgIpc) is 3.04. The molecule has 0 aliphatic heterocycles. The Morgan fingerprint density at radius 3 is 2.50 bits per heavy atom. The molecular weight excluding hydrogens is 344 g/mol. The van der Waals surface area contributed by atoms with Gasteiger partial charge < -0.3 is 5.32 Å². The van der Waals surface area contributed by atoms with Gasteiger partial charge in [0.25, 0.3) is 0 Å². The second-order valence-corrected chi connectivity index (χ2v) is 7.28. The molecule has 0 fully saturated rings. The van der Waals surface area contributed by atoms with Crippen LogP contribution in [0.15, 0.2) is 47.6 Å². The zero-order valence-corrected chi connectivity index (χ0v) is 16.0. The van der Waals surface area contributed by atoms with Crippen molar-refractivity contribution in [1.29, 1.82) is 0 Å². The largest absolute Gasteiger partial charge is 0.325 e. The molecule has 0 spiro atoms. The number of nitrogens with one attached hydrogen (secondary N) is 2. The predicted octanol–water partition coefficient (Wildman–Crippen LogP) is 4.05. The number of amides is 1. The summed E-state index contributed by atoms with van der Waals surface area (Å²) in [6.07, 6.45) is 0.697. The van der Waals surface area contributed by atoms with Gasteiger partial charge in [-0.2, -0.15) is 0 Å². The first kappa shape index (κ1) is 18.2. The minimum absolute atomic E-state index is 0.0561. The van der Waals surface area contributed by atoms with Gasteiger partial charge in [-0.3, -0.25) is 9.89 Å². The highest BCUT2D eigenvalue weighted by Crippen LogP contribution is 2.22. The van der Waals surface area contributed by atoms with Crippen LogP contribution >= 0.6 is 11.8 Å². The van der Waals surface area contributed by atoms with Crippen LogP contribution in [0.1, 0.15) is 28.1 Å². The Bertz CT molecular complexity index is 882. The summed E-state index contributed by atoms with van der Waals surface area (Å²) in [5.41, 5.74) is 5.40. The third-order valence-electron chi connectivity index (χ3n) is 4.00. The van der Waals surface area contributed by atoms with Crippen LogP contribution in [0.4, 0.5) is 5.69 Å². The van der Waals surface area contributed by atoms with E-state index in [0.29, 0.717) is 11.6 Å². The second-order valence-electron chi connectivity index (χ2n) is 6.34. The summed E-state index contributed by atoms with van der Waals surface area (Å²) >= 11 is 1.33. The van der Waals surface area contributed by atoms with E-state index in [9.17, 15) is 4.79 Å². The van der Waals surface area contributed by atoms with Crippen LogP contribution in [0, 0.1) is 20.8 Å². The maximum Gasteiger partial charge on any atom is 0.234 e. The minimum atomic E-state index is -0.0561. The SMILES string of the molecule is Cc1cc(C)c(NC(=O)CSc2n[nH]c(Cc3ccccc3)n2)c(C)c1. The van der Waals surface area contributed by atoms with E-state index in [4.69, 9.17) is 0 Å². The highest BCUT2D eigenvalue weighted by atomic mass is 32.2. The molecule has 0 aliphatic rings. The average molecular weight is 366 g/mol. The smallest absolute Gasteiger partial charge is 0.234 e. The van der Waals surface area contributed by atoms with E-state index < -0.39 is 0 Å². The molecular formula is C20H22N4OS. The Labute approximate surface area is 157 Å². The molecule has 0 radical (unpaired) electrons. The van der Waals surface area contributed by atoms with Gasteiger partial charge in [-0.25, -0.2) is 4.98 Å². The lowest BCUT2D eigenvalue weighted by atomic mass is 10.1. The van der Waals surface area contributed by atoms with Crippen LogP contribution in [-0.2, 0) is 11.2 Å². The standard InChI is InChI=1S/C20H22N4OS/c1-13-9-14(2)19(15(3)10-13)22-18(25)12-26-20-21-17(23-24-20)11-16-7-5-4-6-8-16/h4-10H,11-12H2,1-3H3,(H,22,25)(H,21,23,24). The quantitative estimate of drug-likeness (QED) is 0.646. The monoisotopic (exact) mass is 366 g/mol. The van der Waals surface area contributed by atoms with Gasteiger partial charge in [0.15, 0.2) is 0 Å². The summed E-state index contributed by atoms with van der Waals surface area (Å²) in [5.74, 6) is 1.01. The molecule has 5 nitrogen and oxygen atoms in total. The number of nitrogens with zero attached hydrogens (tertiary/aromatic N) is 2. The number of aromatic amines is 1. The number of hydrogen-bond acceptors (Lipinski definition) is 4. The molecule has 134 valence electrons. The molecule has 2 N–H and O–H groups in total. The highest BCUT2D eigenvalue weighted by molar-refractivity contribution is 7.99. The van der Waals surface area contributed by atoms with Gasteiger partial charge >= 0.3 is 0 Å². The van der Waals surface area contributed by atoms with Gasteiger partial charge in [-0.1, -0.05) is 59.8 Å². The number of carbonyl (C=O) groups is 1. The van der Waals surface area contributed by atoms with Crippen LogP contribution in [0.25, 0.3) is 0 Å². The number of H-pyrrole nitrogens is 1. The van der Waals surface area contributed by atoms with Gasteiger partial charge in [-0.15, -0.1) is 5.10 Å². The number of rotatable bonds is 6. The number of anilines is 1. The van der Waals surface area contributed by atoms with Crippen molar-refractivity contribution in [2.45, 2.75) is 32.3 Å². The summed E-state index contributed by atoms with van der Waals surface area (Å²) < 4.78 is 0. The van der Waals surface area contributed by atoms with E-state index in [-0.39, 0.29) is 11.7 Å². The predicted molar refractivity (Wildman–Crippen MR) is 106 cm³/mol. The molecule has 3 rings (SSSR count). The lowest BCUT2D eigenvalue weighted by Gasteiger charge is -2.12. The van der Waals surface area contributed by atoms with Crippen molar-refractivity contribution >= 4 is 23.4 Å². The van der Waals surface area contributed by atoms with Crippen molar-refractivity contribution in [1.82, 2.24) is 15.2 Å². The lowest BCUT2D eigenvalue weighted by Crippen LogP contribution is -2.16. The molecule has 1 amide bonds. The first-order valence-corrected chi connectivity index (χ1v) is 9.45. The minimum Gasteiger partial charge on any atom is -0.325 e. The summed E-state index contributed by atoms with van der Waals surface area (Å²) in [6.45, 7) is 6.07. The zero-order valence-electron chi connectivity index (χ0n) is 15.2. The molecule has 0 atom stereocenters. The van der Waals surface area contributed by atoms with Crippen LogP contribution in [0.5, 0.6) is 0 Å². The number of benzene rings is 2. The Balaban J connectivity index is 1.55. The van der Waals surface area contributed by atoms with Gasteiger partial charge in [0, 0.05) is 12.1 Å². The summed E-state index contributed by atoms with van der Waals surface area (Å²) in [4.78, 5) is 16.7. The normalized spacial score (nSPS) is 10.7. The van der Waals surface area contributed by atoms with Crippen molar-refractivity contribution in [3.63, 3.8) is 0 Å². The number of carbonyl (C=O) groups excluding carboxylic acids is 1. The van der Waals surface area contributed by atoms with E-state index in [1.165, 1.54) is 22.9 Å². The van der Waals surface area contributed by atoms with E-state index >= 15 is 0 Å². The summed E-state index contributed by atoms with van der Waals surface area (Å²) in [5, 5.41) is 10.7. The topological polar surface area (TPSA) is 70.7 Å². The van der Waals surface area contributed by atoms with Crippen molar-refractivity contribution in [3.05, 3.63) is 70.5 Å². The maximum absolute atomic E-state index is 12.3. The molecule has 2 aromatic carbocycles. The molecule has 0 saturated carbocycles. The second kappa shape index (κ2) is 8.19. The van der Waals surface area contributed by atoms with E-state index in [0.717, 1.165) is 22.6 Å². The van der Waals surface area contributed by atoms with Gasteiger partial charge in [0.05, 0.1) is 5.75 Å².